The van der Waals surface area contributed by atoms with E-state index >= 15 is 0 Å². The number of halogens is 2. The maximum Gasteiger partial charge on any atom is 3.00 e. The van der Waals surface area contributed by atoms with Gasteiger partial charge in [0.15, 0.2) is 0 Å². The van der Waals surface area contributed by atoms with Crippen molar-refractivity contribution in [3.05, 3.63) is 113 Å². The average Bonchev–Trinajstić information content (AvgIpc) is 3.21. The second-order valence-corrected chi connectivity index (χ2v) is 10.8. The maximum absolute atomic E-state index is 2.57. The van der Waals surface area contributed by atoms with Crippen LogP contribution in [0, 0.1) is 17.8 Å². The first-order valence-corrected chi connectivity index (χ1v) is 12.6. The molecule has 0 bridgehead atoms. The maximum atomic E-state index is 2.57. The third kappa shape index (κ3) is 5.35. The van der Waals surface area contributed by atoms with Crippen molar-refractivity contribution in [2.45, 2.75) is 71.1 Å². The summed E-state index contributed by atoms with van der Waals surface area (Å²) < 4.78 is 0. The van der Waals surface area contributed by atoms with Crippen LogP contribution >= 0.6 is 0 Å². The van der Waals surface area contributed by atoms with Gasteiger partial charge in [0.05, 0.1) is 0 Å². The summed E-state index contributed by atoms with van der Waals surface area (Å²) in [5, 5.41) is 0. The van der Waals surface area contributed by atoms with Gasteiger partial charge in [-0.15, -0.1) is 17.7 Å². The van der Waals surface area contributed by atoms with E-state index in [-0.39, 0.29) is 61.8 Å². The molecule has 5 rings (SSSR count). The largest absolute Gasteiger partial charge is 3.00 e. The van der Waals surface area contributed by atoms with Gasteiger partial charge >= 0.3 is 26.2 Å². The number of allylic oxidation sites excluding steroid dienone is 6. The Kier molecular flexibility index (Phi) is 10.4. The van der Waals surface area contributed by atoms with E-state index in [0.29, 0.717) is 5.92 Å². The molecule has 0 spiro atoms. The van der Waals surface area contributed by atoms with Crippen LogP contribution < -0.4 is 24.8 Å². The summed E-state index contributed by atoms with van der Waals surface area (Å²) >= 11 is 0. The van der Waals surface area contributed by atoms with Gasteiger partial charge in [0.25, 0.3) is 0 Å². The summed E-state index contributed by atoms with van der Waals surface area (Å²) in [6.45, 7) is 9.35. The van der Waals surface area contributed by atoms with Crippen LogP contribution in [0.4, 0.5) is 0 Å². The third-order valence-corrected chi connectivity index (χ3v) is 8.55. The quantitative estimate of drug-likeness (QED) is 0.486. The number of benzene rings is 2. The molecule has 3 aliphatic rings. The van der Waals surface area contributed by atoms with Crippen molar-refractivity contribution >= 4 is 0 Å². The molecule has 3 heteroatoms. The van der Waals surface area contributed by atoms with E-state index < -0.39 is 0 Å². The Bertz CT molecular complexity index is 1070. The molecule has 0 heterocycles. The van der Waals surface area contributed by atoms with Crippen LogP contribution in [0.3, 0.4) is 0 Å². The second kappa shape index (κ2) is 12.0. The predicted molar refractivity (Wildman–Crippen MR) is 137 cm³/mol. The van der Waals surface area contributed by atoms with Crippen molar-refractivity contribution in [1.82, 2.24) is 0 Å². The molecule has 0 N–H and O–H groups in total. The zero-order valence-electron chi connectivity index (χ0n) is 21.5. The van der Waals surface area contributed by atoms with Crippen LogP contribution in [0.1, 0.15) is 82.4 Å². The van der Waals surface area contributed by atoms with Gasteiger partial charge in [-0.2, -0.15) is 17.6 Å². The molecule has 1 radical (unpaired) electrons. The first kappa shape index (κ1) is 30.2. The SMILES string of the molecule is CC1=C2[CH-]C(C)(C(C)C)C=C2C(c2ccccc2)(c2ccc(C3CCCCC3)cc2)C=C1.[Cl-].[Cl-].[Zr+3]. The van der Waals surface area contributed by atoms with E-state index in [4.69, 9.17) is 0 Å². The fraction of sp³-hybridized carbons (Fsp3) is 0.406. The minimum Gasteiger partial charge on any atom is -1.00 e. The first-order chi connectivity index (χ1) is 15.4. The van der Waals surface area contributed by atoms with Crippen LogP contribution in [-0.4, -0.2) is 0 Å². The number of hydrogen-bond donors (Lipinski definition) is 0. The fourth-order valence-electron chi connectivity index (χ4n) is 6.06. The molecule has 35 heavy (non-hydrogen) atoms. The molecule has 183 valence electrons. The van der Waals surface area contributed by atoms with Gasteiger partial charge in [-0.25, -0.2) is 0 Å². The molecule has 2 atom stereocenters. The van der Waals surface area contributed by atoms with Gasteiger partial charge in [0.2, 0.25) is 0 Å². The minimum absolute atomic E-state index is 0. The van der Waals surface area contributed by atoms with Crippen molar-refractivity contribution in [2.24, 2.45) is 11.3 Å². The van der Waals surface area contributed by atoms with Gasteiger partial charge in [0, 0.05) is 5.41 Å². The molecule has 0 aromatic heterocycles. The van der Waals surface area contributed by atoms with Crippen LogP contribution in [0.5, 0.6) is 0 Å². The van der Waals surface area contributed by atoms with Crippen molar-refractivity contribution in [2.75, 3.05) is 0 Å². The molecule has 2 aromatic rings. The van der Waals surface area contributed by atoms with Gasteiger partial charge in [0.1, 0.15) is 0 Å². The number of fused-ring (bicyclic) bond motifs is 1. The molecule has 0 amide bonds. The summed E-state index contributed by atoms with van der Waals surface area (Å²) in [6, 6.07) is 20.8. The molecular formula is C32H37Cl2Zr. The molecule has 2 aromatic carbocycles. The number of rotatable bonds is 4. The third-order valence-electron chi connectivity index (χ3n) is 8.55. The normalized spacial score (nSPS) is 25.6. The van der Waals surface area contributed by atoms with Gasteiger partial charge in [-0.3, -0.25) is 0 Å². The summed E-state index contributed by atoms with van der Waals surface area (Å²) in [5.74, 6) is 1.30. The Balaban J connectivity index is 0.00000144. The van der Waals surface area contributed by atoms with Crippen LogP contribution in [0.15, 0.2) is 89.5 Å². The predicted octanol–water partition coefficient (Wildman–Crippen LogP) is 2.72. The van der Waals surface area contributed by atoms with Crippen LogP contribution in [-0.2, 0) is 31.6 Å². The fourth-order valence-corrected chi connectivity index (χ4v) is 6.06. The molecule has 2 unspecified atom stereocenters. The summed E-state index contributed by atoms with van der Waals surface area (Å²) in [7, 11) is 0. The van der Waals surface area contributed by atoms with Crippen LogP contribution in [0.2, 0.25) is 0 Å². The second-order valence-electron chi connectivity index (χ2n) is 10.8. The van der Waals surface area contributed by atoms with E-state index in [1.807, 2.05) is 0 Å². The smallest absolute Gasteiger partial charge is 1.00 e. The van der Waals surface area contributed by atoms with Gasteiger partial charge in [-0.1, -0.05) is 108 Å². The standard InChI is InChI=1S/C32H37.2ClH.Zr/c1-23(2)31(4)21-29-24(3)19-20-32(30(29)22-31,27-13-9-6-10-14-27)28-17-15-26(16-18-28)25-11-7-5-8-12-25;;;/h6,9-10,13-23,25H,5,7-8,11-12H2,1-4H3;2*1H;/q-1;;;+3/p-2. The molecule has 0 saturated heterocycles. The van der Waals surface area contributed by atoms with Crippen molar-refractivity contribution in [3.8, 4) is 0 Å². The molecule has 0 aliphatic heterocycles. The Hall–Kier alpha value is -1.01. The van der Waals surface area contributed by atoms with Gasteiger partial charge < -0.3 is 24.8 Å². The topological polar surface area (TPSA) is 0 Å². The Labute approximate surface area is 244 Å². The van der Waals surface area contributed by atoms with E-state index in [0.717, 1.165) is 5.92 Å². The molecule has 1 fully saturated rings. The Morgan fingerprint density at radius 3 is 2.06 bits per heavy atom. The zero-order valence-corrected chi connectivity index (χ0v) is 25.4. The zero-order chi connectivity index (χ0) is 22.3. The van der Waals surface area contributed by atoms with Gasteiger partial charge in [-0.05, 0) is 46.8 Å². The Morgan fingerprint density at radius 1 is 0.857 bits per heavy atom. The van der Waals surface area contributed by atoms with Crippen molar-refractivity contribution in [3.63, 3.8) is 0 Å². The first-order valence-electron chi connectivity index (χ1n) is 12.6. The van der Waals surface area contributed by atoms with E-state index in [2.05, 4.69) is 107 Å². The summed E-state index contributed by atoms with van der Waals surface area (Å²) in [4.78, 5) is 0. The Morgan fingerprint density at radius 2 is 1.46 bits per heavy atom. The van der Waals surface area contributed by atoms with E-state index in [1.54, 1.807) is 0 Å². The minimum atomic E-state index is -0.232. The molecule has 1 saturated carbocycles. The van der Waals surface area contributed by atoms with Crippen molar-refractivity contribution < 1.29 is 51.0 Å². The van der Waals surface area contributed by atoms with E-state index in [9.17, 15) is 0 Å². The average molecular weight is 584 g/mol. The molecule has 0 nitrogen and oxygen atoms in total. The monoisotopic (exact) mass is 581 g/mol. The molecule has 3 aliphatic carbocycles. The summed E-state index contributed by atoms with van der Waals surface area (Å²) in [6.07, 6.45) is 16.8. The van der Waals surface area contributed by atoms with E-state index in [1.165, 1.54) is 65.5 Å². The molecular weight excluding hydrogens is 546 g/mol. The number of hydrogen-bond acceptors (Lipinski definition) is 0. The summed E-state index contributed by atoms with van der Waals surface area (Å²) in [5.41, 5.74) is 8.41. The van der Waals surface area contributed by atoms with Crippen molar-refractivity contribution in [1.29, 1.82) is 0 Å². The van der Waals surface area contributed by atoms with Crippen LogP contribution in [0.25, 0.3) is 0 Å².